The first-order valence-electron chi connectivity index (χ1n) is 47.7. The second kappa shape index (κ2) is 53.8. The molecule has 1 heterocycles. The van der Waals surface area contributed by atoms with Gasteiger partial charge in [0.25, 0.3) is 0 Å². The van der Waals surface area contributed by atoms with E-state index in [0.717, 1.165) is 48.6 Å². The fraction of sp³-hybridized carbons (Fsp3) is 1.00. The predicted molar refractivity (Wildman–Crippen MR) is 594 cm³/mol. The van der Waals surface area contributed by atoms with Crippen molar-refractivity contribution in [3.8, 4) is 0 Å². The molecule has 0 bridgehead atoms. The van der Waals surface area contributed by atoms with Crippen LogP contribution in [0.15, 0.2) is 0 Å². The number of hydrogen-bond donors (Lipinski definition) is 0. The minimum Gasteiger partial charge on any atom is -0.456 e. The molecule has 0 aliphatic carbocycles. The minimum atomic E-state index is -2.60. The van der Waals surface area contributed by atoms with E-state index in [1.54, 1.807) is 23.0 Å². The molecule has 0 radical (unpaired) electrons. The highest BCUT2D eigenvalue weighted by Gasteiger charge is 2.56. The van der Waals surface area contributed by atoms with Gasteiger partial charge in [-0.3, -0.25) is 0 Å². The Bertz CT molecular complexity index is 2440. The summed E-state index contributed by atoms with van der Waals surface area (Å²) in [4.78, 5) is 0. The van der Waals surface area contributed by atoms with Gasteiger partial charge in [-0.2, -0.15) is 0 Å². The Morgan fingerprint density at radius 2 is 0.492 bits per heavy atom. The molecular formula is C85H224O12Si21. The molecule has 12 nitrogen and oxygen atoms in total. The van der Waals surface area contributed by atoms with E-state index in [0.29, 0.717) is 17.4 Å². The molecule has 0 aromatic rings. The molecule has 1 saturated heterocycles. The van der Waals surface area contributed by atoms with Crippen LogP contribution in [-0.4, -0.2) is 175 Å². The third kappa shape index (κ3) is 80.9. The Hall–Kier alpha value is 4.07. The van der Waals surface area contributed by atoms with E-state index in [2.05, 4.69) is 405 Å². The maximum atomic E-state index is 6.65. The molecule has 1 aliphatic heterocycles. The van der Waals surface area contributed by atoms with Crippen molar-refractivity contribution in [3.63, 3.8) is 0 Å². The Balaban J connectivity index is -0.000000312. The summed E-state index contributed by atoms with van der Waals surface area (Å²) >= 11 is 0. The molecule has 7 atom stereocenters. The molecule has 0 saturated carbocycles. The number of hydrogen-bond acceptors (Lipinski definition) is 12. The SMILES string of the molecule is CCC(C)CC[Si](C)(C)O[Si](C)(C)C.CCC(C)C[Si](C)(C)O[Si](C)(C)C.CCC(C)C[Si](C)(C)O[Si](C)(C)O[Si](C)(C)C.CCC(C)C[Si](C)(O[Si](C)(C)C)O[Si](C)(C)C.CCC(C)C[Si](C[Si](C)(C)C)(C[Si](C)(C)C)C[Si](C)(C)C.CCC(C)C[Si](O[Si](C)(C)C)(O[Si](C)(C)C)O[Si](C)(C)C.CCC(C)[Si]1(C)O[Si](C)(C)O[Si](C)(C)O1. The van der Waals surface area contributed by atoms with Crippen molar-refractivity contribution in [3.05, 3.63) is 0 Å². The van der Waals surface area contributed by atoms with Gasteiger partial charge in [-0.25, -0.2) is 0 Å². The third-order valence-electron chi connectivity index (χ3n) is 19.5. The first kappa shape index (κ1) is 133. The summed E-state index contributed by atoms with van der Waals surface area (Å²) in [5, 5.41) is 0. The van der Waals surface area contributed by atoms with E-state index in [-0.39, 0.29) is 0 Å². The van der Waals surface area contributed by atoms with E-state index in [9.17, 15) is 0 Å². The lowest BCUT2D eigenvalue weighted by Crippen LogP contribution is -2.66. The Labute approximate surface area is 768 Å². The smallest absolute Gasteiger partial charge is 0.456 e. The molecular weight excluding hydrogens is 1800 g/mol. The van der Waals surface area contributed by atoms with Crippen LogP contribution < -0.4 is 0 Å². The molecule has 0 aromatic heterocycles. The summed E-state index contributed by atoms with van der Waals surface area (Å²) in [5.41, 5.74) is 5.62. The third-order valence-corrected chi connectivity index (χ3v) is 101. The largest absolute Gasteiger partial charge is 0.469 e. The summed E-state index contributed by atoms with van der Waals surface area (Å²) in [5.74, 6) is 4.72. The lowest BCUT2D eigenvalue weighted by Gasteiger charge is -2.49. The van der Waals surface area contributed by atoms with Crippen LogP contribution >= 0.6 is 0 Å². The Morgan fingerprint density at radius 3 is 0.746 bits per heavy atom. The van der Waals surface area contributed by atoms with Crippen LogP contribution in [0.1, 0.15) is 148 Å². The molecule has 0 amide bonds. The van der Waals surface area contributed by atoms with E-state index in [1.165, 1.54) is 56.7 Å². The molecule has 1 fully saturated rings. The summed E-state index contributed by atoms with van der Waals surface area (Å²) in [6.45, 7) is 142. The van der Waals surface area contributed by atoms with Gasteiger partial charge in [0.2, 0.25) is 0 Å². The highest BCUT2D eigenvalue weighted by Crippen LogP contribution is 2.42. The normalized spacial score (nSPS) is 17.8. The Morgan fingerprint density at radius 1 is 0.246 bits per heavy atom. The minimum absolute atomic E-state index is 0.542. The molecule has 118 heavy (non-hydrogen) atoms. The van der Waals surface area contributed by atoms with Crippen molar-refractivity contribution < 1.29 is 49.4 Å². The molecule has 7 unspecified atom stereocenters. The summed E-state index contributed by atoms with van der Waals surface area (Å²) in [6.07, 6.45) is 10.1. The number of rotatable bonds is 45. The predicted octanol–water partition coefficient (Wildman–Crippen LogP) is 34.1. The second-order valence-corrected chi connectivity index (χ2v) is 146. The first-order chi connectivity index (χ1) is 51.3. The summed E-state index contributed by atoms with van der Waals surface area (Å²) in [7, 11) is -33.0. The van der Waals surface area contributed by atoms with Crippen molar-refractivity contribution in [2.45, 2.75) is 515 Å². The van der Waals surface area contributed by atoms with Gasteiger partial charge in [-0.15, -0.1) is 0 Å². The maximum absolute atomic E-state index is 6.65. The van der Waals surface area contributed by atoms with Gasteiger partial charge in [0.05, 0.1) is 0 Å². The van der Waals surface area contributed by atoms with Crippen LogP contribution in [0.5, 0.6) is 0 Å². The van der Waals surface area contributed by atoms with Gasteiger partial charge in [0, 0.05) is 38.3 Å². The fourth-order valence-electron chi connectivity index (χ4n) is 17.2. The van der Waals surface area contributed by atoms with E-state index in [1.807, 2.05) is 0 Å². The molecule has 1 rings (SSSR count). The molecule has 720 valence electrons. The first-order valence-corrected chi connectivity index (χ1v) is 114. The van der Waals surface area contributed by atoms with Gasteiger partial charge >= 0.3 is 51.6 Å². The quantitative estimate of drug-likeness (QED) is 0.0541. The van der Waals surface area contributed by atoms with Crippen LogP contribution in [0.3, 0.4) is 0 Å². The Kier molecular flexibility index (Phi) is 60.6. The highest BCUT2D eigenvalue weighted by molar-refractivity contribution is 7.08. The molecule has 0 aromatic carbocycles. The fourth-order valence-corrected chi connectivity index (χ4v) is 128. The topological polar surface area (TPSA) is 111 Å². The molecule has 0 N–H and O–H groups in total. The summed E-state index contributed by atoms with van der Waals surface area (Å²) in [6, 6.07) is 7.61. The van der Waals surface area contributed by atoms with E-state index >= 15 is 0 Å². The van der Waals surface area contributed by atoms with Crippen molar-refractivity contribution in [1.82, 2.24) is 0 Å². The van der Waals surface area contributed by atoms with Crippen LogP contribution in [0.25, 0.3) is 0 Å². The van der Waals surface area contributed by atoms with Gasteiger partial charge < -0.3 is 49.4 Å². The standard InChI is InChI=1S/C17H44Si4.C14H38O3Si4.2C12H32O2Si3.C11H28OSi2.C10H26OSi2.C9H24O3Si3/c1-12-17(2)13-21(14-18(3,4)5,15-19(6,7)8)16-20(9,10)11;1-12-14(2)13-21(15-18(3,4)5,16-19(6,7)8)17-20(9,10)11;1-10-12(2)11-16(6,7)14-17(8,9)13-15(3,4)5;1-10-12(2)11-17(9,13-15(3,4)5)14-16(6,7)8;1-8-11(2)9-10-14(6,7)12-13(3,4)5;1-8-10(2)9-13(6,7)11-12(3,4)5;1-8-9(2)15(7)11-13(3,4)10-14(5,6)12-15/h17H,12-16H2,1-11H3;14H,12-13H2,1-11H3;2*12H,10-11H2,1-9H3;11H,8-10H2,1-7H3;10H,8-9H2,1-7H3;9H,8H2,1-7H3. The van der Waals surface area contributed by atoms with Crippen LogP contribution in [0.2, 0.25) is 367 Å². The van der Waals surface area contributed by atoms with E-state index in [4.69, 9.17) is 49.4 Å². The molecule has 33 heteroatoms. The monoisotopic (exact) mass is 2030 g/mol. The van der Waals surface area contributed by atoms with Crippen LogP contribution in [-0.2, 0) is 49.4 Å². The van der Waals surface area contributed by atoms with Gasteiger partial charge in [0.15, 0.2) is 91.5 Å². The molecule has 1 aliphatic rings. The zero-order valence-electron chi connectivity index (χ0n) is 92.5. The lowest BCUT2D eigenvalue weighted by molar-refractivity contribution is 0.223. The van der Waals surface area contributed by atoms with Crippen LogP contribution in [0, 0.1) is 35.5 Å². The van der Waals surface area contributed by atoms with Crippen molar-refractivity contribution in [2.24, 2.45) is 35.5 Å². The highest BCUT2D eigenvalue weighted by atomic mass is 28.5. The summed E-state index contributed by atoms with van der Waals surface area (Å²) < 4.78 is 76.6. The lowest BCUT2D eigenvalue weighted by atomic mass is 10.1. The average Bonchev–Trinajstić information content (AvgIpc) is 0.777. The van der Waals surface area contributed by atoms with Gasteiger partial charge in [0.1, 0.15) is 0 Å². The molecule has 0 spiro atoms. The van der Waals surface area contributed by atoms with Crippen molar-refractivity contribution >= 4 is 175 Å². The zero-order valence-corrected chi connectivity index (χ0v) is 113. The average molecular weight is 2030 g/mol. The van der Waals surface area contributed by atoms with Crippen molar-refractivity contribution in [1.29, 1.82) is 0 Å². The maximum Gasteiger partial charge on any atom is 0.469 e. The van der Waals surface area contributed by atoms with Crippen LogP contribution in [0.4, 0.5) is 0 Å². The van der Waals surface area contributed by atoms with Gasteiger partial charge in [-0.05, 0) is 314 Å². The van der Waals surface area contributed by atoms with E-state index < -0.39 is 175 Å². The zero-order chi connectivity index (χ0) is 96.0. The van der Waals surface area contributed by atoms with Crippen molar-refractivity contribution in [2.75, 3.05) is 0 Å². The van der Waals surface area contributed by atoms with Gasteiger partial charge in [-0.1, -0.05) is 230 Å². The second-order valence-electron chi connectivity index (χ2n) is 52.1.